The molecule has 1 aromatic carbocycles. The van der Waals surface area contributed by atoms with Crippen molar-refractivity contribution in [2.24, 2.45) is 0 Å². The van der Waals surface area contributed by atoms with Crippen LogP contribution >= 0.6 is 0 Å². The third-order valence-corrected chi connectivity index (χ3v) is 2.98. The average molecular weight is 225 g/mol. The summed E-state index contributed by atoms with van der Waals surface area (Å²) in [6.45, 7) is 1.98. The second-order valence-corrected chi connectivity index (χ2v) is 3.96. The molecule has 1 atom stereocenters. The number of anilines is 1. The first-order chi connectivity index (χ1) is 7.63. The molecule has 4 heteroatoms. The van der Waals surface area contributed by atoms with Gasteiger partial charge in [0.1, 0.15) is 0 Å². The van der Waals surface area contributed by atoms with Crippen LogP contribution < -0.4 is 4.90 Å². The van der Waals surface area contributed by atoms with E-state index in [1.165, 1.54) is 6.07 Å². The van der Waals surface area contributed by atoms with Gasteiger partial charge in [0.05, 0.1) is 0 Å². The smallest absolute Gasteiger partial charge is 0.227 e. The van der Waals surface area contributed by atoms with E-state index in [-0.39, 0.29) is 11.9 Å². The van der Waals surface area contributed by atoms with Crippen molar-refractivity contribution >= 4 is 11.6 Å². The van der Waals surface area contributed by atoms with Crippen molar-refractivity contribution in [1.29, 1.82) is 0 Å². The second-order valence-electron chi connectivity index (χ2n) is 3.96. The van der Waals surface area contributed by atoms with Crippen molar-refractivity contribution < 1.29 is 13.6 Å². The summed E-state index contributed by atoms with van der Waals surface area (Å²) in [5, 5.41) is 0. The summed E-state index contributed by atoms with van der Waals surface area (Å²) in [7, 11) is 0. The van der Waals surface area contributed by atoms with E-state index in [1.54, 1.807) is 4.90 Å². The van der Waals surface area contributed by atoms with Crippen molar-refractivity contribution in [2.45, 2.75) is 32.2 Å². The summed E-state index contributed by atoms with van der Waals surface area (Å²) in [5.41, 5.74) is 0.452. The molecule has 86 valence electrons. The van der Waals surface area contributed by atoms with Gasteiger partial charge in [-0.25, -0.2) is 8.78 Å². The quantitative estimate of drug-likeness (QED) is 0.757. The summed E-state index contributed by atoms with van der Waals surface area (Å²) in [6, 6.07) is 3.70. The molecule has 1 fully saturated rings. The Hall–Kier alpha value is -1.45. The molecule has 0 aliphatic carbocycles. The van der Waals surface area contributed by atoms with Gasteiger partial charge in [0.15, 0.2) is 11.6 Å². The largest absolute Gasteiger partial charge is 0.309 e. The Kier molecular flexibility index (Phi) is 2.90. The van der Waals surface area contributed by atoms with E-state index in [1.807, 2.05) is 6.92 Å². The third kappa shape index (κ3) is 1.79. The maximum atomic E-state index is 13.1. The monoisotopic (exact) mass is 225 g/mol. The van der Waals surface area contributed by atoms with Crippen LogP contribution in [0.4, 0.5) is 14.5 Å². The van der Waals surface area contributed by atoms with Gasteiger partial charge in [0, 0.05) is 24.2 Å². The van der Waals surface area contributed by atoms with Crippen LogP contribution in [0.3, 0.4) is 0 Å². The number of carbonyl (C=O) groups is 1. The lowest BCUT2D eigenvalue weighted by molar-refractivity contribution is -0.117. The zero-order chi connectivity index (χ0) is 11.7. The van der Waals surface area contributed by atoms with Crippen LogP contribution in [-0.4, -0.2) is 11.9 Å². The molecule has 1 heterocycles. The van der Waals surface area contributed by atoms with Crippen LogP contribution in [0.2, 0.25) is 0 Å². The molecule has 0 saturated carbocycles. The van der Waals surface area contributed by atoms with Gasteiger partial charge < -0.3 is 4.90 Å². The fourth-order valence-corrected chi connectivity index (χ4v) is 2.12. The summed E-state index contributed by atoms with van der Waals surface area (Å²) in [4.78, 5) is 13.2. The van der Waals surface area contributed by atoms with Gasteiger partial charge in [-0.3, -0.25) is 4.79 Å². The molecule has 16 heavy (non-hydrogen) atoms. The predicted molar refractivity (Wildman–Crippen MR) is 57.2 cm³/mol. The number of hydrogen-bond acceptors (Lipinski definition) is 1. The Morgan fingerprint density at radius 1 is 1.38 bits per heavy atom. The van der Waals surface area contributed by atoms with E-state index in [0.717, 1.165) is 25.0 Å². The number of nitrogens with zero attached hydrogens (tertiary/aromatic N) is 1. The Morgan fingerprint density at radius 2 is 2.12 bits per heavy atom. The van der Waals surface area contributed by atoms with Crippen molar-refractivity contribution in [3.05, 3.63) is 29.8 Å². The normalized spacial score (nSPS) is 20.6. The maximum absolute atomic E-state index is 13.1. The van der Waals surface area contributed by atoms with E-state index in [2.05, 4.69) is 0 Å². The number of carbonyl (C=O) groups excluding carboxylic acids is 1. The van der Waals surface area contributed by atoms with Crippen LogP contribution in [0.1, 0.15) is 26.2 Å². The molecule has 1 aliphatic heterocycles. The van der Waals surface area contributed by atoms with Gasteiger partial charge in [-0.2, -0.15) is 0 Å². The molecular formula is C12H13F2NO. The summed E-state index contributed by atoms with van der Waals surface area (Å²) >= 11 is 0. The Labute approximate surface area is 92.9 Å². The highest BCUT2D eigenvalue weighted by Crippen LogP contribution is 2.29. The molecule has 0 radical (unpaired) electrons. The molecule has 1 amide bonds. The minimum Gasteiger partial charge on any atom is -0.309 e. The molecule has 1 aliphatic rings. The molecule has 0 aromatic heterocycles. The van der Waals surface area contributed by atoms with Crippen LogP contribution in [0.25, 0.3) is 0 Å². The van der Waals surface area contributed by atoms with Crippen molar-refractivity contribution in [3.8, 4) is 0 Å². The van der Waals surface area contributed by atoms with Gasteiger partial charge in [0.2, 0.25) is 5.91 Å². The Balaban J connectivity index is 2.35. The van der Waals surface area contributed by atoms with Gasteiger partial charge in [-0.1, -0.05) is 6.92 Å². The molecule has 1 saturated heterocycles. The highest BCUT2D eigenvalue weighted by atomic mass is 19.2. The molecule has 0 N–H and O–H groups in total. The minimum absolute atomic E-state index is 0.0159. The van der Waals surface area contributed by atoms with E-state index in [9.17, 15) is 13.6 Å². The van der Waals surface area contributed by atoms with E-state index < -0.39 is 11.6 Å². The molecular weight excluding hydrogens is 212 g/mol. The lowest BCUT2D eigenvalue weighted by atomic mass is 10.1. The first-order valence-electron chi connectivity index (χ1n) is 5.40. The van der Waals surface area contributed by atoms with Crippen LogP contribution in [0.15, 0.2) is 18.2 Å². The lowest BCUT2D eigenvalue weighted by Crippen LogP contribution is -2.32. The zero-order valence-corrected chi connectivity index (χ0v) is 9.04. The van der Waals surface area contributed by atoms with E-state index in [0.29, 0.717) is 12.1 Å². The number of halogens is 2. The van der Waals surface area contributed by atoms with E-state index >= 15 is 0 Å². The summed E-state index contributed by atoms with van der Waals surface area (Å²) < 4.78 is 25.9. The fourth-order valence-electron chi connectivity index (χ4n) is 2.12. The maximum Gasteiger partial charge on any atom is 0.227 e. The van der Waals surface area contributed by atoms with Crippen LogP contribution in [0, 0.1) is 11.6 Å². The fraction of sp³-hybridized carbons (Fsp3) is 0.417. The van der Waals surface area contributed by atoms with Crippen molar-refractivity contribution in [2.75, 3.05) is 4.90 Å². The topological polar surface area (TPSA) is 20.3 Å². The number of rotatable bonds is 2. The van der Waals surface area contributed by atoms with E-state index in [4.69, 9.17) is 0 Å². The number of hydrogen-bond donors (Lipinski definition) is 0. The van der Waals surface area contributed by atoms with Gasteiger partial charge in [-0.15, -0.1) is 0 Å². The Morgan fingerprint density at radius 3 is 2.75 bits per heavy atom. The average Bonchev–Trinajstić information content (AvgIpc) is 2.64. The molecule has 1 unspecified atom stereocenters. The first-order valence-corrected chi connectivity index (χ1v) is 5.40. The highest BCUT2D eigenvalue weighted by Gasteiger charge is 2.31. The summed E-state index contributed by atoms with van der Waals surface area (Å²) in [6.07, 6.45) is 2.09. The predicted octanol–water partition coefficient (Wildman–Crippen LogP) is 2.87. The molecule has 1 aromatic rings. The number of benzene rings is 1. The summed E-state index contributed by atoms with van der Waals surface area (Å²) in [5.74, 6) is -1.81. The standard InChI is InChI=1S/C12H13F2NO/c1-2-8-4-6-12(16)15(8)9-3-5-10(13)11(14)7-9/h3,5,7-8H,2,4,6H2,1H3. The molecule has 0 spiro atoms. The molecule has 2 rings (SSSR count). The third-order valence-electron chi connectivity index (χ3n) is 2.98. The Bertz CT molecular complexity index is 419. The minimum atomic E-state index is -0.910. The zero-order valence-electron chi connectivity index (χ0n) is 9.04. The van der Waals surface area contributed by atoms with Crippen molar-refractivity contribution in [3.63, 3.8) is 0 Å². The highest BCUT2D eigenvalue weighted by molar-refractivity contribution is 5.96. The van der Waals surface area contributed by atoms with Gasteiger partial charge in [-0.05, 0) is 25.0 Å². The van der Waals surface area contributed by atoms with Crippen molar-refractivity contribution in [1.82, 2.24) is 0 Å². The lowest BCUT2D eigenvalue weighted by Gasteiger charge is -2.23. The van der Waals surface area contributed by atoms with Crippen LogP contribution in [-0.2, 0) is 4.79 Å². The second kappa shape index (κ2) is 4.20. The molecule has 0 bridgehead atoms. The SMILES string of the molecule is CCC1CCC(=O)N1c1ccc(F)c(F)c1. The molecule has 2 nitrogen and oxygen atoms in total. The first kappa shape index (κ1) is 11.0. The van der Waals surface area contributed by atoms with Gasteiger partial charge >= 0.3 is 0 Å². The van der Waals surface area contributed by atoms with Crippen LogP contribution in [0.5, 0.6) is 0 Å². The van der Waals surface area contributed by atoms with Gasteiger partial charge in [0.25, 0.3) is 0 Å². The number of amides is 1.